The van der Waals surface area contributed by atoms with Crippen LogP contribution in [-0.4, -0.2) is 40.3 Å². The molecule has 8 atom stereocenters. The van der Waals surface area contributed by atoms with Crippen molar-refractivity contribution in [2.24, 2.45) is 28.6 Å². The molecule has 2 N–H and O–H groups in total. The average Bonchev–Trinajstić information content (AvgIpc) is 2.83. The minimum Gasteiger partial charge on any atom is -0.462 e. The van der Waals surface area contributed by atoms with Gasteiger partial charge in [-0.25, -0.2) is 0 Å². The predicted molar refractivity (Wildman–Crippen MR) is 95.0 cm³/mol. The topological polar surface area (TPSA) is 83.8 Å². The second kappa shape index (κ2) is 5.90. The molecule has 5 unspecified atom stereocenters. The third-order valence-electron chi connectivity index (χ3n) is 8.07. The highest BCUT2D eigenvalue weighted by Crippen LogP contribution is 2.64. The lowest BCUT2D eigenvalue weighted by atomic mass is 9.46. The number of hydrogen-bond donors (Lipinski definition) is 2. The van der Waals surface area contributed by atoms with Gasteiger partial charge < -0.3 is 14.9 Å². The van der Waals surface area contributed by atoms with Crippen LogP contribution in [0.25, 0.3) is 0 Å². The maximum Gasteiger partial charge on any atom is 0.302 e. The van der Waals surface area contributed by atoms with E-state index in [0.717, 1.165) is 24.8 Å². The lowest BCUT2D eigenvalue weighted by Gasteiger charge is -2.59. The Morgan fingerprint density at radius 2 is 1.96 bits per heavy atom. The van der Waals surface area contributed by atoms with Crippen LogP contribution < -0.4 is 0 Å². The summed E-state index contributed by atoms with van der Waals surface area (Å²) in [6, 6.07) is 0. The minimum absolute atomic E-state index is 0.0419. The van der Waals surface area contributed by atoms with Crippen LogP contribution in [0, 0.1) is 28.6 Å². The molecule has 5 nitrogen and oxygen atoms in total. The summed E-state index contributed by atoms with van der Waals surface area (Å²) in [6.07, 6.45) is 4.68. The van der Waals surface area contributed by atoms with Gasteiger partial charge in [-0.05, 0) is 48.9 Å². The lowest BCUT2D eigenvalue weighted by Crippen LogP contribution is -2.60. The smallest absolute Gasteiger partial charge is 0.302 e. The van der Waals surface area contributed by atoms with Gasteiger partial charge in [-0.3, -0.25) is 9.59 Å². The molecular formula is C21H30O5. The van der Waals surface area contributed by atoms with Gasteiger partial charge in [-0.1, -0.05) is 25.5 Å². The maximum absolute atomic E-state index is 12.5. The van der Waals surface area contributed by atoms with Crippen molar-refractivity contribution >= 4 is 11.8 Å². The number of rotatable bonds is 1. The van der Waals surface area contributed by atoms with Crippen LogP contribution in [0.15, 0.2) is 11.6 Å². The molecule has 0 saturated heterocycles. The SMILES string of the molecule is CC(=O)O[C@H]1CC[C@@]2(C)C(=CC(O)C3C2C(O)C[C@]2(C)C(=O)CCC32)C1. The Labute approximate surface area is 154 Å². The number of aliphatic hydroxyl groups is 2. The molecule has 0 aromatic rings. The molecule has 26 heavy (non-hydrogen) atoms. The normalized spacial score (nSPS) is 50.3. The van der Waals surface area contributed by atoms with E-state index in [2.05, 4.69) is 6.92 Å². The zero-order chi connectivity index (χ0) is 18.9. The van der Waals surface area contributed by atoms with E-state index in [1.54, 1.807) is 0 Å². The summed E-state index contributed by atoms with van der Waals surface area (Å²) in [7, 11) is 0. The van der Waals surface area contributed by atoms with Crippen molar-refractivity contribution < 1.29 is 24.5 Å². The number of Topliss-reactive ketones (excluding diaryl/α,β-unsaturated/α-hetero) is 1. The van der Waals surface area contributed by atoms with Crippen LogP contribution in [0.1, 0.15) is 59.3 Å². The summed E-state index contributed by atoms with van der Waals surface area (Å²) < 4.78 is 5.41. The van der Waals surface area contributed by atoms with Crippen LogP contribution in [0.4, 0.5) is 0 Å². The van der Waals surface area contributed by atoms with E-state index in [9.17, 15) is 19.8 Å². The lowest BCUT2D eigenvalue weighted by molar-refractivity contribution is -0.161. The van der Waals surface area contributed by atoms with E-state index in [0.29, 0.717) is 19.3 Å². The second-order valence-corrected chi connectivity index (χ2v) is 9.43. The summed E-state index contributed by atoms with van der Waals surface area (Å²) in [6.45, 7) is 5.60. The van der Waals surface area contributed by atoms with Gasteiger partial charge in [0.05, 0.1) is 12.2 Å². The first-order valence-corrected chi connectivity index (χ1v) is 9.94. The number of carbonyl (C=O) groups excluding carboxylic acids is 2. The van der Waals surface area contributed by atoms with Crippen molar-refractivity contribution in [3.63, 3.8) is 0 Å². The molecule has 5 heteroatoms. The number of ether oxygens (including phenoxy) is 1. The predicted octanol–water partition coefficient (Wildman–Crippen LogP) is 2.39. The first-order chi connectivity index (χ1) is 12.2. The highest BCUT2D eigenvalue weighted by molar-refractivity contribution is 5.87. The minimum atomic E-state index is -0.649. The standard InChI is InChI=1S/C21H30O5/c1-11(22)26-13-6-7-20(2)12(8-13)9-15(23)18-14-4-5-17(25)21(14,3)10-16(24)19(18)20/h9,13-16,18-19,23-24H,4-8,10H2,1-3H3/t13-,14?,15?,16?,18?,19?,20-,21-/m0/s1. The van der Waals surface area contributed by atoms with Gasteiger partial charge >= 0.3 is 5.97 Å². The summed E-state index contributed by atoms with van der Waals surface area (Å²) >= 11 is 0. The van der Waals surface area contributed by atoms with Crippen molar-refractivity contribution in [2.75, 3.05) is 0 Å². The van der Waals surface area contributed by atoms with E-state index >= 15 is 0 Å². The van der Waals surface area contributed by atoms with Crippen LogP contribution in [0.3, 0.4) is 0 Å². The van der Waals surface area contributed by atoms with Crippen LogP contribution >= 0.6 is 0 Å². The van der Waals surface area contributed by atoms with Crippen molar-refractivity contribution in [3.05, 3.63) is 11.6 Å². The van der Waals surface area contributed by atoms with E-state index in [-0.39, 0.29) is 41.0 Å². The Balaban J connectivity index is 1.70. The van der Waals surface area contributed by atoms with E-state index < -0.39 is 17.6 Å². The van der Waals surface area contributed by atoms with Crippen molar-refractivity contribution in [1.29, 1.82) is 0 Å². The van der Waals surface area contributed by atoms with E-state index in [1.165, 1.54) is 6.92 Å². The zero-order valence-corrected chi connectivity index (χ0v) is 15.9. The molecule has 4 aliphatic carbocycles. The van der Waals surface area contributed by atoms with E-state index in [4.69, 9.17) is 4.74 Å². The number of carbonyl (C=O) groups is 2. The Hall–Kier alpha value is -1.20. The maximum atomic E-state index is 12.5. The highest BCUT2D eigenvalue weighted by atomic mass is 16.5. The molecule has 0 heterocycles. The summed E-state index contributed by atoms with van der Waals surface area (Å²) in [5.74, 6) is -0.00901. The monoisotopic (exact) mass is 362 g/mol. The van der Waals surface area contributed by atoms with Gasteiger partial charge in [0.25, 0.3) is 0 Å². The molecule has 0 bridgehead atoms. The number of hydrogen-bond acceptors (Lipinski definition) is 5. The second-order valence-electron chi connectivity index (χ2n) is 9.43. The summed E-state index contributed by atoms with van der Waals surface area (Å²) in [5, 5.41) is 22.1. The fraction of sp³-hybridized carbons (Fsp3) is 0.810. The van der Waals surface area contributed by atoms with Crippen molar-refractivity contribution in [3.8, 4) is 0 Å². The molecule has 0 aromatic carbocycles. The number of esters is 1. The molecule has 0 spiro atoms. The average molecular weight is 362 g/mol. The van der Waals surface area contributed by atoms with Gasteiger partial charge in [0.2, 0.25) is 0 Å². The Bertz CT molecular complexity index is 669. The molecule has 144 valence electrons. The largest absolute Gasteiger partial charge is 0.462 e. The van der Waals surface area contributed by atoms with Gasteiger partial charge in [0.15, 0.2) is 0 Å². The fourth-order valence-corrected chi connectivity index (χ4v) is 6.84. The molecule has 4 aliphatic rings. The summed E-state index contributed by atoms with van der Waals surface area (Å²) in [4.78, 5) is 23.8. The first-order valence-electron chi connectivity index (χ1n) is 9.94. The third kappa shape index (κ3) is 2.43. The highest BCUT2D eigenvalue weighted by Gasteiger charge is 2.63. The van der Waals surface area contributed by atoms with Crippen molar-refractivity contribution in [2.45, 2.75) is 77.6 Å². The number of fused-ring (bicyclic) bond motifs is 5. The van der Waals surface area contributed by atoms with Crippen molar-refractivity contribution in [1.82, 2.24) is 0 Å². The Morgan fingerprint density at radius 1 is 1.23 bits per heavy atom. The number of ketones is 1. The Morgan fingerprint density at radius 3 is 2.65 bits per heavy atom. The first kappa shape index (κ1) is 18.2. The number of aliphatic hydroxyl groups excluding tert-OH is 2. The molecule has 0 amide bonds. The quantitative estimate of drug-likeness (QED) is 0.553. The molecule has 0 radical (unpaired) electrons. The molecule has 3 fully saturated rings. The zero-order valence-electron chi connectivity index (χ0n) is 15.9. The third-order valence-corrected chi connectivity index (χ3v) is 8.07. The Kier molecular flexibility index (Phi) is 4.12. The molecular weight excluding hydrogens is 332 g/mol. The van der Waals surface area contributed by atoms with E-state index in [1.807, 2.05) is 13.0 Å². The van der Waals surface area contributed by atoms with Crippen LogP contribution in [0.5, 0.6) is 0 Å². The summed E-state index contributed by atoms with van der Waals surface area (Å²) in [5.41, 5.74) is 0.404. The molecule has 3 saturated carbocycles. The molecule has 4 rings (SSSR count). The molecule has 0 aliphatic heterocycles. The van der Waals surface area contributed by atoms with Gasteiger partial charge in [0, 0.05) is 25.2 Å². The van der Waals surface area contributed by atoms with Gasteiger partial charge in [-0.2, -0.15) is 0 Å². The van der Waals surface area contributed by atoms with Gasteiger partial charge in [0.1, 0.15) is 11.9 Å². The fourth-order valence-electron chi connectivity index (χ4n) is 6.84. The van der Waals surface area contributed by atoms with Crippen LogP contribution in [-0.2, 0) is 14.3 Å². The molecule has 0 aromatic heterocycles. The van der Waals surface area contributed by atoms with Crippen LogP contribution in [0.2, 0.25) is 0 Å². The van der Waals surface area contributed by atoms with Gasteiger partial charge in [-0.15, -0.1) is 0 Å².